The van der Waals surface area contributed by atoms with Gasteiger partial charge < -0.3 is 10.2 Å². The highest BCUT2D eigenvalue weighted by Crippen LogP contribution is 2.31. The molecular formula is C18H29N5O2S. The highest BCUT2D eigenvalue weighted by molar-refractivity contribution is 7.90. The van der Waals surface area contributed by atoms with Crippen molar-refractivity contribution >= 4 is 21.8 Å². The number of nitrogens with zero attached hydrogens (tertiary/aromatic N) is 4. The molecule has 1 saturated heterocycles. The van der Waals surface area contributed by atoms with E-state index in [9.17, 15) is 8.42 Å². The second-order valence-electron chi connectivity index (χ2n) is 7.80. The summed E-state index contributed by atoms with van der Waals surface area (Å²) in [6.45, 7) is 4.46. The van der Waals surface area contributed by atoms with Crippen molar-refractivity contribution in [2.45, 2.75) is 63.2 Å². The molecule has 0 spiro atoms. The zero-order valence-electron chi connectivity index (χ0n) is 15.5. The maximum atomic E-state index is 12.4. The summed E-state index contributed by atoms with van der Waals surface area (Å²) >= 11 is 0. The average molecular weight is 380 g/mol. The minimum atomic E-state index is -3.07. The fourth-order valence-electron chi connectivity index (χ4n) is 3.96. The van der Waals surface area contributed by atoms with Gasteiger partial charge in [-0.1, -0.05) is 19.3 Å². The standard InChI is InChI=1S/C18H29N5O2S/c1-14-13-17(21-18(19-14)20-15-5-3-2-4-6-15)22-9-11-23(12-10-22)26(24,25)16-7-8-16/h13,15-16H,2-12H2,1H3,(H,19,20,21). The first-order valence-electron chi connectivity index (χ1n) is 9.88. The molecule has 0 atom stereocenters. The molecule has 2 aliphatic carbocycles. The molecule has 26 heavy (non-hydrogen) atoms. The van der Waals surface area contributed by atoms with Gasteiger partial charge in [-0.2, -0.15) is 9.29 Å². The Bertz CT molecular complexity index is 736. The zero-order valence-corrected chi connectivity index (χ0v) is 16.3. The molecule has 1 aromatic heterocycles. The van der Waals surface area contributed by atoms with E-state index >= 15 is 0 Å². The van der Waals surface area contributed by atoms with Crippen LogP contribution in [0, 0.1) is 6.92 Å². The van der Waals surface area contributed by atoms with Crippen LogP contribution >= 0.6 is 0 Å². The van der Waals surface area contributed by atoms with Gasteiger partial charge in [-0.05, 0) is 32.6 Å². The molecule has 4 rings (SSSR count). The second-order valence-corrected chi connectivity index (χ2v) is 10.0. The molecule has 0 radical (unpaired) electrons. The van der Waals surface area contributed by atoms with Crippen molar-refractivity contribution in [3.63, 3.8) is 0 Å². The molecule has 3 aliphatic rings. The van der Waals surface area contributed by atoms with Crippen LogP contribution in [0.2, 0.25) is 0 Å². The van der Waals surface area contributed by atoms with Crippen molar-refractivity contribution in [3.05, 3.63) is 11.8 Å². The number of hydrogen-bond acceptors (Lipinski definition) is 6. The lowest BCUT2D eigenvalue weighted by molar-refractivity contribution is 0.383. The van der Waals surface area contributed by atoms with Gasteiger partial charge in [-0.15, -0.1) is 0 Å². The number of hydrogen-bond donors (Lipinski definition) is 1. The largest absolute Gasteiger partial charge is 0.354 e. The van der Waals surface area contributed by atoms with Crippen LogP contribution < -0.4 is 10.2 Å². The SMILES string of the molecule is Cc1cc(N2CCN(S(=O)(=O)C3CC3)CC2)nc(NC2CCCCC2)n1. The smallest absolute Gasteiger partial charge is 0.225 e. The van der Waals surface area contributed by atoms with Gasteiger partial charge in [0.15, 0.2) is 0 Å². The Hall–Kier alpha value is -1.41. The van der Waals surface area contributed by atoms with Crippen LogP contribution in [0.5, 0.6) is 0 Å². The third-order valence-corrected chi connectivity index (χ3v) is 8.05. The summed E-state index contributed by atoms with van der Waals surface area (Å²) in [5, 5.41) is 3.38. The number of rotatable bonds is 5. The van der Waals surface area contributed by atoms with Crippen molar-refractivity contribution in [1.82, 2.24) is 14.3 Å². The van der Waals surface area contributed by atoms with Crippen molar-refractivity contribution in [1.29, 1.82) is 0 Å². The van der Waals surface area contributed by atoms with Gasteiger partial charge in [-0.3, -0.25) is 0 Å². The summed E-state index contributed by atoms with van der Waals surface area (Å²) in [7, 11) is -3.07. The molecule has 1 N–H and O–H groups in total. The van der Waals surface area contributed by atoms with E-state index in [4.69, 9.17) is 4.98 Å². The van der Waals surface area contributed by atoms with Crippen LogP contribution in [0.15, 0.2) is 6.07 Å². The predicted octanol–water partition coefficient (Wildman–Crippen LogP) is 2.14. The minimum Gasteiger partial charge on any atom is -0.354 e. The Labute approximate surface area is 156 Å². The number of piperazine rings is 1. The van der Waals surface area contributed by atoms with Crippen LogP contribution in [0.1, 0.15) is 50.6 Å². The van der Waals surface area contributed by atoms with Crippen molar-refractivity contribution < 1.29 is 8.42 Å². The lowest BCUT2D eigenvalue weighted by atomic mass is 9.96. The van der Waals surface area contributed by atoms with Gasteiger partial charge in [0.1, 0.15) is 5.82 Å². The maximum absolute atomic E-state index is 12.4. The van der Waals surface area contributed by atoms with E-state index in [1.54, 1.807) is 4.31 Å². The first kappa shape index (κ1) is 18.0. The molecule has 1 aromatic rings. The molecule has 3 fully saturated rings. The van der Waals surface area contributed by atoms with Gasteiger partial charge in [0.25, 0.3) is 0 Å². The molecule has 1 aliphatic heterocycles. The highest BCUT2D eigenvalue weighted by atomic mass is 32.2. The van der Waals surface area contributed by atoms with E-state index in [1.807, 2.05) is 13.0 Å². The van der Waals surface area contributed by atoms with E-state index in [0.29, 0.717) is 38.2 Å². The minimum absolute atomic E-state index is 0.123. The molecule has 0 bridgehead atoms. The highest BCUT2D eigenvalue weighted by Gasteiger charge is 2.41. The number of sulfonamides is 1. The number of anilines is 2. The lowest BCUT2D eigenvalue weighted by Gasteiger charge is -2.35. The molecule has 7 nitrogen and oxygen atoms in total. The van der Waals surface area contributed by atoms with E-state index in [1.165, 1.54) is 32.1 Å². The normalized spacial score (nSPS) is 23.2. The Morgan fingerprint density at radius 2 is 1.69 bits per heavy atom. The Kier molecular flexibility index (Phi) is 5.05. The molecular weight excluding hydrogens is 350 g/mol. The number of aromatic nitrogens is 2. The second kappa shape index (κ2) is 7.31. The number of aryl methyl sites for hydroxylation is 1. The van der Waals surface area contributed by atoms with E-state index in [-0.39, 0.29) is 5.25 Å². The summed E-state index contributed by atoms with van der Waals surface area (Å²) in [4.78, 5) is 11.5. The fourth-order valence-corrected chi connectivity index (χ4v) is 5.78. The quantitative estimate of drug-likeness (QED) is 0.844. The fraction of sp³-hybridized carbons (Fsp3) is 0.778. The summed E-state index contributed by atoms with van der Waals surface area (Å²) < 4.78 is 26.4. The third kappa shape index (κ3) is 3.96. The molecule has 0 aromatic carbocycles. The summed E-state index contributed by atoms with van der Waals surface area (Å²) in [5.41, 5.74) is 0.946. The summed E-state index contributed by atoms with van der Waals surface area (Å²) in [6, 6.07) is 2.47. The van der Waals surface area contributed by atoms with Gasteiger partial charge in [0.2, 0.25) is 16.0 Å². The molecule has 8 heteroatoms. The molecule has 2 heterocycles. The van der Waals surface area contributed by atoms with Crippen LogP contribution in [0.3, 0.4) is 0 Å². The monoisotopic (exact) mass is 379 g/mol. The lowest BCUT2D eigenvalue weighted by Crippen LogP contribution is -2.49. The average Bonchev–Trinajstić information content (AvgIpc) is 3.48. The van der Waals surface area contributed by atoms with Gasteiger partial charge in [-0.25, -0.2) is 13.4 Å². The summed E-state index contributed by atoms with van der Waals surface area (Å²) in [5.74, 6) is 1.61. The van der Waals surface area contributed by atoms with Crippen LogP contribution in [0.4, 0.5) is 11.8 Å². The summed E-state index contributed by atoms with van der Waals surface area (Å²) in [6.07, 6.45) is 7.88. The van der Waals surface area contributed by atoms with Crippen molar-refractivity contribution in [3.8, 4) is 0 Å². The molecule has 2 saturated carbocycles. The first-order chi connectivity index (χ1) is 12.5. The molecule has 0 amide bonds. The zero-order chi connectivity index (χ0) is 18.1. The van der Waals surface area contributed by atoms with E-state index in [2.05, 4.69) is 15.2 Å². The maximum Gasteiger partial charge on any atom is 0.225 e. The van der Waals surface area contributed by atoms with Gasteiger partial charge >= 0.3 is 0 Å². The number of nitrogens with one attached hydrogen (secondary N) is 1. The van der Waals surface area contributed by atoms with Gasteiger partial charge in [0, 0.05) is 44.0 Å². The topological polar surface area (TPSA) is 78.4 Å². The Balaban J connectivity index is 1.41. The van der Waals surface area contributed by atoms with E-state index < -0.39 is 10.0 Å². The van der Waals surface area contributed by atoms with Crippen LogP contribution in [0.25, 0.3) is 0 Å². The third-order valence-electron chi connectivity index (χ3n) is 5.65. The predicted molar refractivity (Wildman–Crippen MR) is 103 cm³/mol. The molecule has 144 valence electrons. The Morgan fingerprint density at radius 3 is 2.35 bits per heavy atom. The van der Waals surface area contributed by atoms with Crippen LogP contribution in [-0.2, 0) is 10.0 Å². The van der Waals surface area contributed by atoms with E-state index in [0.717, 1.165) is 24.4 Å². The molecule has 0 unspecified atom stereocenters. The van der Waals surface area contributed by atoms with Crippen molar-refractivity contribution in [2.24, 2.45) is 0 Å². The van der Waals surface area contributed by atoms with Crippen molar-refractivity contribution in [2.75, 3.05) is 36.4 Å². The first-order valence-corrected chi connectivity index (χ1v) is 11.4. The van der Waals surface area contributed by atoms with Gasteiger partial charge in [0.05, 0.1) is 5.25 Å². The van der Waals surface area contributed by atoms with Crippen LogP contribution in [-0.4, -0.2) is 60.2 Å². The Morgan fingerprint density at radius 1 is 1.00 bits per heavy atom.